The highest BCUT2D eigenvalue weighted by molar-refractivity contribution is 7.99. The topological polar surface area (TPSA) is 75.7 Å². The Morgan fingerprint density at radius 3 is 2.82 bits per heavy atom. The van der Waals surface area contributed by atoms with Crippen LogP contribution in [0.1, 0.15) is 11.1 Å². The van der Waals surface area contributed by atoms with Crippen molar-refractivity contribution in [2.75, 3.05) is 0 Å². The normalized spacial score (nSPS) is 10.2. The first-order valence-corrected chi connectivity index (χ1v) is 5.87. The lowest BCUT2D eigenvalue weighted by molar-refractivity contribution is 1.05. The molecule has 2 rings (SSSR count). The zero-order valence-corrected chi connectivity index (χ0v) is 10.2. The van der Waals surface area contributed by atoms with Crippen LogP contribution in [0.5, 0.6) is 0 Å². The minimum absolute atomic E-state index is 0.0709. The van der Waals surface area contributed by atoms with Crippen LogP contribution in [0.4, 0.5) is 0 Å². The van der Waals surface area contributed by atoms with Gasteiger partial charge in [0.2, 0.25) is 0 Å². The Kier molecular flexibility index (Phi) is 3.39. The van der Waals surface area contributed by atoms with Crippen molar-refractivity contribution in [1.29, 1.82) is 5.41 Å². The quantitative estimate of drug-likeness (QED) is 0.493. The summed E-state index contributed by atoms with van der Waals surface area (Å²) in [5.41, 5.74) is 7.42. The van der Waals surface area contributed by atoms with E-state index in [-0.39, 0.29) is 5.84 Å². The molecule has 86 valence electrons. The molecule has 0 fully saturated rings. The van der Waals surface area contributed by atoms with E-state index in [0.29, 0.717) is 0 Å². The molecule has 5 heteroatoms. The number of hydrogen-bond donors (Lipinski definition) is 2. The van der Waals surface area contributed by atoms with Crippen molar-refractivity contribution < 1.29 is 0 Å². The zero-order chi connectivity index (χ0) is 12.3. The van der Waals surface area contributed by atoms with Crippen LogP contribution in [0.2, 0.25) is 0 Å². The number of nitrogens with one attached hydrogen (secondary N) is 1. The van der Waals surface area contributed by atoms with E-state index in [9.17, 15) is 0 Å². The van der Waals surface area contributed by atoms with Crippen molar-refractivity contribution in [3.8, 4) is 0 Å². The van der Waals surface area contributed by atoms with Gasteiger partial charge in [0.15, 0.2) is 0 Å². The monoisotopic (exact) mass is 244 g/mol. The molecule has 0 atom stereocenters. The summed E-state index contributed by atoms with van der Waals surface area (Å²) in [6.07, 6.45) is 3.20. The number of rotatable bonds is 3. The van der Waals surface area contributed by atoms with Gasteiger partial charge in [0.25, 0.3) is 0 Å². The van der Waals surface area contributed by atoms with E-state index in [4.69, 9.17) is 11.1 Å². The summed E-state index contributed by atoms with van der Waals surface area (Å²) in [7, 11) is 0. The van der Waals surface area contributed by atoms with Crippen LogP contribution in [0, 0.1) is 12.3 Å². The summed E-state index contributed by atoms with van der Waals surface area (Å²) in [5.74, 6) is 0.0709. The van der Waals surface area contributed by atoms with Crippen LogP contribution >= 0.6 is 11.8 Å². The average Bonchev–Trinajstić information content (AvgIpc) is 2.30. The van der Waals surface area contributed by atoms with Gasteiger partial charge in [-0.3, -0.25) is 5.41 Å². The number of aryl methyl sites for hydroxylation is 1. The van der Waals surface area contributed by atoms with E-state index in [1.165, 1.54) is 18.1 Å². The van der Waals surface area contributed by atoms with Crippen molar-refractivity contribution in [2.24, 2.45) is 5.73 Å². The predicted molar refractivity (Wildman–Crippen MR) is 68.4 cm³/mol. The molecule has 1 heterocycles. The molecule has 0 saturated carbocycles. The zero-order valence-electron chi connectivity index (χ0n) is 9.34. The molecule has 0 spiro atoms. The van der Waals surface area contributed by atoms with Crippen molar-refractivity contribution in [2.45, 2.75) is 16.8 Å². The molecular weight excluding hydrogens is 232 g/mol. The fourth-order valence-electron chi connectivity index (χ4n) is 1.39. The largest absolute Gasteiger partial charge is 0.384 e. The van der Waals surface area contributed by atoms with Crippen molar-refractivity contribution in [3.63, 3.8) is 0 Å². The third-order valence-electron chi connectivity index (χ3n) is 2.20. The number of nitrogens with two attached hydrogens (primary N) is 1. The lowest BCUT2D eigenvalue weighted by Gasteiger charge is -2.08. The van der Waals surface area contributed by atoms with Gasteiger partial charge in [-0.05, 0) is 30.7 Å². The molecule has 0 bridgehead atoms. The lowest BCUT2D eigenvalue weighted by atomic mass is 10.1. The number of nitrogens with zero attached hydrogens (tertiary/aromatic N) is 2. The summed E-state index contributed by atoms with van der Waals surface area (Å²) < 4.78 is 0. The summed E-state index contributed by atoms with van der Waals surface area (Å²) in [5, 5.41) is 8.39. The molecule has 0 radical (unpaired) electrons. The Morgan fingerprint density at radius 2 is 2.18 bits per heavy atom. The second-order valence-corrected chi connectivity index (χ2v) is 4.63. The third kappa shape index (κ3) is 2.82. The van der Waals surface area contributed by atoms with Gasteiger partial charge in [-0.2, -0.15) is 0 Å². The van der Waals surface area contributed by atoms with Crippen LogP contribution in [-0.2, 0) is 0 Å². The van der Waals surface area contributed by atoms with E-state index in [2.05, 4.69) is 9.97 Å². The first-order valence-electron chi connectivity index (χ1n) is 5.06. The number of amidine groups is 1. The van der Waals surface area contributed by atoms with Gasteiger partial charge in [-0.25, -0.2) is 9.97 Å². The summed E-state index contributed by atoms with van der Waals surface area (Å²) in [4.78, 5) is 8.96. The first kappa shape index (κ1) is 11.6. The van der Waals surface area contributed by atoms with Gasteiger partial charge >= 0.3 is 0 Å². The van der Waals surface area contributed by atoms with Crippen LogP contribution in [0.3, 0.4) is 0 Å². The highest BCUT2D eigenvalue weighted by Crippen LogP contribution is 2.29. The number of aromatic nitrogens is 2. The van der Waals surface area contributed by atoms with Crippen LogP contribution < -0.4 is 5.73 Å². The van der Waals surface area contributed by atoms with E-state index < -0.39 is 0 Å². The molecule has 17 heavy (non-hydrogen) atoms. The number of nitrogen functional groups attached to an aromatic ring is 1. The maximum Gasteiger partial charge on any atom is 0.123 e. The third-order valence-corrected chi connectivity index (χ3v) is 3.20. The SMILES string of the molecule is Cc1ccc(C(=N)N)c(Sc2ccncn2)c1. The number of benzene rings is 1. The first-order chi connectivity index (χ1) is 8.16. The standard InChI is InChI=1S/C12H12N4S/c1-8-2-3-9(12(13)14)10(6-8)17-11-4-5-15-7-16-11/h2-7H,1H3,(H3,13,14). The van der Waals surface area contributed by atoms with Crippen molar-refractivity contribution >= 4 is 17.6 Å². The smallest absolute Gasteiger partial charge is 0.123 e. The molecule has 0 saturated heterocycles. The minimum Gasteiger partial charge on any atom is -0.384 e. The Hall–Kier alpha value is -1.88. The van der Waals surface area contributed by atoms with Crippen LogP contribution in [0.15, 0.2) is 46.7 Å². The molecule has 0 aliphatic rings. The van der Waals surface area contributed by atoms with Gasteiger partial charge in [-0.15, -0.1) is 0 Å². The summed E-state index contributed by atoms with van der Waals surface area (Å²) in [6.45, 7) is 2.01. The maximum atomic E-state index is 7.54. The van der Waals surface area contributed by atoms with Crippen LogP contribution in [-0.4, -0.2) is 15.8 Å². The van der Waals surface area contributed by atoms with Crippen molar-refractivity contribution in [1.82, 2.24) is 9.97 Å². The molecule has 0 aliphatic heterocycles. The Balaban J connectivity index is 2.37. The van der Waals surface area contributed by atoms with Gasteiger partial charge in [0.1, 0.15) is 17.2 Å². The van der Waals surface area contributed by atoms with E-state index in [0.717, 1.165) is 21.0 Å². The van der Waals surface area contributed by atoms with Gasteiger partial charge in [-0.1, -0.05) is 17.8 Å². The maximum absolute atomic E-state index is 7.54. The molecule has 0 amide bonds. The Bertz CT molecular complexity index is 539. The molecular formula is C12H12N4S. The average molecular weight is 244 g/mol. The molecule has 1 aromatic carbocycles. The fraction of sp³-hybridized carbons (Fsp3) is 0.0833. The lowest BCUT2D eigenvalue weighted by Crippen LogP contribution is -2.12. The highest BCUT2D eigenvalue weighted by atomic mass is 32.2. The molecule has 1 aromatic heterocycles. The predicted octanol–water partition coefficient (Wildman–Crippen LogP) is 2.22. The summed E-state index contributed by atoms with van der Waals surface area (Å²) >= 11 is 1.48. The van der Waals surface area contributed by atoms with E-state index in [1.807, 2.05) is 31.2 Å². The van der Waals surface area contributed by atoms with Crippen LogP contribution in [0.25, 0.3) is 0 Å². The molecule has 0 aliphatic carbocycles. The Morgan fingerprint density at radius 1 is 1.35 bits per heavy atom. The second-order valence-electron chi connectivity index (χ2n) is 3.56. The fourth-order valence-corrected chi connectivity index (χ4v) is 2.37. The molecule has 2 aromatic rings. The van der Waals surface area contributed by atoms with E-state index >= 15 is 0 Å². The van der Waals surface area contributed by atoms with Gasteiger partial charge < -0.3 is 5.73 Å². The molecule has 4 nitrogen and oxygen atoms in total. The Labute approximate surface area is 104 Å². The van der Waals surface area contributed by atoms with Crippen molar-refractivity contribution in [3.05, 3.63) is 47.9 Å². The van der Waals surface area contributed by atoms with Gasteiger partial charge in [0.05, 0.1) is 0 Å². The molecule has 0 unspecified atom stereocenters. The van der Waals surface area contributed by atoms with Gasteiger partial charge in [0, 0.05) is 16.7 Å². The minimum atomic E-state index is 0.0709. The highest BCUT2D eigenvalue weighted by Gasteiger charge is 2.07. The second kappa shape index (κ2) is 4.97. The number of hydrogen-bond acceptors (Lipinski definition) is 4. The van der Waals surface area contributed by atoms with E-state index in [1.54, 1.807) is 6.20 Å². The molecule has 3 N–H and O–H groups in total. The summed E-state index contributed by atoms with van der Waals surface area (Å²) in [6, 6.07) is 7.64.